The zero-order valence-corrected chi connectivity index (χ0v) is 15.3. The molecule has 1 aromatic carbocycles. The molecular weight excluding hydrogens is 334 g/mol. The first-order valence-corrected chi connectivity index (χ1v) is 9.65. The number of amides is 1. The van der Waals surface area contributed by atoms with Crippen molar-refractivity contribution in [1.82, 2.24) is 14.8 Å². The fourth-order valence-electron chi connectivity index (χ4n) is 3.48. The quantitative estimate of drug-likeness (QED) is 0.847. The maximum atomic E-state index is 13.0. The van der Waals surface area contributed by atoms with Crippen molar-refractivity contribution in [2.45, 2.75) is 26.4 Å². The third kappa shape index (κ3) is 3.61. The summed E-state index contributed by atoms with van der Waals surface area (Å²) in [4.78, 5) is 22.7. The summed E-state index contributed by atoms with van der Waals surface area (Å²) >= 11 is 1.55. The number of hydrogen-bond acceptors (Lipinski definition) is 5. The molecule has 132 valence electrons. The molecule has 0 aliphatic carbocycles. The van der Waals surface area contributed by atoms with E-state index in [9.17, 15) is 4.79 Å². The van der Waals surface area contributed by atoms with Gasteiger partial charge in [-0.05, 0) is 24.5 Å². The van der Waals surface area contributed by atoms with Crippen LogP contribution in [0.5, 0.6) is 0 Å². The maximum absolute atomic E-state index is 13.0. The molecular formula is C19H23N3O2S. The molecule has 2 aliphatic rings. The second-order valence-corrected chi connectivity index (χ2v) is 7.74. The number of nitrogens with zero attached hydrogens (tertiary/aromatic N) is 3. The van der Waals surface area contributed by atoms with Crippen molar-refractivity contribution in [3.8, 4) is 0 Å². The van der Waals surface area contributed by atoms with Crippen molar-refractivity contribution in [3.63, 3.8) is 0 Å². The average Bonchev–Trinajstić information content (AvgIpc) is 3.01. The van der Waals surface area contributed by atoms with Crippen LogP contribution in [-0.2, 0) is 24.2 Å². The molecule has 2 aromatic rings. The minimum atomic E-state index is 0.123. The van der Waals surface area contributed by atoms with Gasteiger partial charge >= 0.3 is 0 Å². The van der Waals surface area contributed by atoms with Gasteiger partial charge in [0.25, 0.3) is 5.91 Å². The van der Waals surface area contributed by atoms with E-state index in [2.05, 4.69) is 28.1 Å². The molecule has 0 spiro atoms. The number of ether oxygens (including phenoxy) is 1. The van der Waals surface area contributed by atoms with E-state index in [1.807, 2.05) is 17.9 Å². The van der Waals surface area contributed by atoms with Gasteiger partial charge in [0.05, 0.1) is 25.5 Å². The predicted octanol–water partition coefficient (Wildman–Crippen LogP) is 2.48. The molecule has 1 saturated heterocycles. The van der Waals surface area contributed by atoms with E-state index in [0.29, 0.717) is 6.54 Å². The van der Waals surface area contributed by atoms with Crippen LogP contribution in [0.3, 0.4) is 0 Å². The van der Waals surface area contributed by atoms with Crippen LogP contribution in [0, 0.1) is 6.92 Å². The summed E-state index contributed by atoms with van der Waals surface area (Å²) in [6, 6.07) is 8.40. The number of hydrogen-bond donors (Lipinski definition) is 0. The molecule has 25 heavy (non-hydrogen) atoms. The van der Waals surface area contributed by atoms with E-state index in [0.717, 1.165) is 61.4 Å². The lowest BCUT2D eigenvalue weighted by atomic mass is 10.00. The summed E-state index contributed by atoms with van der Waals surface area (Å²) < 4.78 is 5.39. The van der Waals surface area contributed by atoms with E-state index in [1.54, 1.807) is 11.3 Å². The van der Waals surface area contributed by atoms with Crippen LogP contribution in [-0.4, -0.2) is 53.5 Å². The Morgan fingerprint density at radius 3 is 2.76 bits per heavy atom. The standard InChI is InChI=1S/C19H23N3O2S/c1-14-18(25-17(20-14)13-21-8-10-24-11-9-21)19(23)22-7-6-15-4-2-3-5-16(15)12-22/h2-5H,6-13H2,1H3. The van der Waals surface area contributed by atoms with E-state index in [-0.39, 0.29) is 5.91 Å². The molecule has 4 rings (SSSR count). The summed E-state index contributed by atoms with van der Waals surface area (Å²) in [6.07, 6.45) is 0.931. The number of thiazole rings is 1. The van der Waals surface area contributed by atoms with Crippen molar-refractivity contribution in [3.05, 3.63) is 51.0 Å². The summed E-state index contributed by atoms with van der Waals surface area (Å²) in [5.74, 6) is 0.123. The molecule has 0 radical (unpaired) electrons. The summed E-state index contributed by atoms with van der Waals surface area (Å²) in [6.45, 7) is 7.68. The van der Waals surface area contributed by atoms with Gasteiger partial charge in [0.1, 0.15) is 9.88 Å². The maximum Gasteiger partial charge on any atom is 0.266 e. The van der Waals surface area contributed by atoms with Gasteiger partial charge in [-0.15, -0.1) is 11.3 Å². The SMILES string of the molecule is Cc1nc(CN2CCOCC2)sc1C(=O)N1CCc2ccccc2C1. The second-order valence-electron chi connectivity index (χ2n) is 6.66. The van der Waals surface area contributed by atoms with Gasteiger partial charge in [0.2, 0.25) is 0 Å². The van der Waals surface area contributed by atoms with Crippen LogP contribution >= 0.6 is 11.3 Å². The van der Waals surface area contributed by atoms with Crippen LogP contribution in [0.15, 0.2) is 24.3 Å². The first-order valence-electron chi connectivity index (χ1n) is 8.83. The van der Waals surface area contributed by atoms with Crippen LogP contribution in [0.4, 0.5) is 0 Å². The molecule has 0 atom stereocenters. The number of fused-ring (bicyclic) bond motifs is 1. The highest BCUT2D eigenvalue weighted by Crippen LogP contribution is 2.25. The number of aromatic nitrogens is 1. The van der Waals surface area contributed by atoms with Gasteiger partial charge in [0.15, 0.2) is 0 Å². The van der Waals surface area contributed by atoms with Gasteiger partial charge in [0, 0.05) is 26.2 Å². The van der Waals surface area contributed by atoms with Crippen molar-refractivity contribution in [2.24, 2.45) is 0 Å². The van der Waals surface area contributed by atoms with E-state index in [4.69, 9.17) is 4.74 Å². The molecule has 3 heterocycles. The number of carbonyl (C=O) groups is 1. The highest BCUT2D eigenvalue weighted by Gasteiger charge is 2.25. The fourth-order valence-corrected chi connectivity index (χ4v) is 4.56. The molecule has 1 aromatic heterocycles. The van der Waals surface area contributed by atoms with Crippen LogP contribution < -0.4 is 0 Å². The summed E-state index contributed by atoms with van der Waals surface area (Å²) in [5, 5.41) is 1.03. The third-order valence-corrected chi connectivity index (χ3v) is 6.05. The minimum Gasteiger partial charge on any atom is -0.379 e. The highest BCUT2D eigenvalue weighted by molar-refractivity contribution is 7.13. The minimum absolute atomic E-state index is 0.123. The number of carbonyl (C=O) groups excluding carboxylic acids is 1. The summed E-state index contributed by atoms with van der Waals surface area (Å²) in [7, 11) is 0. The molecule has 0 unspecified atom stereocenters. The Hall–Kier alpha value is -1.76. The largest absolute Gasteiger partial charge is 0.379 e. The van der Waals surface area contributed by atoms with Crippen molar-refractivity contribution in [1.29, 1.82) is 0 Å². The number of rotatable bonds is 3. The zero-order chi connectivity index (χ0) is 17.2. The normalized spacial score (nSPS) is 18.2. The van der Waals surface area contributed by atoms with Gasteiger partial charge in [-0.2, -0.15) is 0 Å². The van der Waals surface area contributed by atoms with Crippen LogP contribution in [0.25, 0.3) is 0 Å². The van der Waals surface area contributed by atoms with E-state index in [1.165, 1.54) is 11.1 Å². The molecule has 6 heteroatoms. The van der Waals surface area contributed by atoms with Crippen molar-refractivity contribution < 1.29 is 9.53 Å². The smallest absolute Gasteiger partial charge is 0.266 e. The fraction of sp³-hybridized carbons (Fsp3) is 0.474. The van der Waals surface area contributed by atoms with Crippen LogP contribution in [0.1, 0.15) is 31.5 Å². The Labute approximate surface area is 152 Å². The predicted molar refractivity (Wildman–Crippen MR) is 97.8 cm³/mol. The molecule has 1 amide bonds. The monoisotopic (exact) mass is 357 g/mol. The Morgan fingerprint density at radius 2 is 1.96 bits per heavy atom. The Balaban J connectivity index is 1.47. The molecule has 1 fully saturated rings. The van der Waals surface area contributed by atoms with Crippen LogP contribution in [0.2, 0.25) is 0 Å². The average molecular weight is 357 g/mol. The zero-order valence-electron chi connectivity index (χ0n) is 14.5. The van der Waals surface area contributed by atoms with Gasteiger partial charge < -0.3 is 9.64 Å². The van der Waals surface area contributed by atoms with Gasteiger partial charge in [-0.1, -0.05) is 24.3 Å². The first-order chi connectivity index (χ1) is 12.2. The van der Waals surface area contributed by atoms with Gasteiger partial charge in [-0.3, -0.25) is 9.69 Å². The van der Waals surface area contributed by atoms with E-state index >= 15 is 0 Å². The molecule has 2 aliphatic heterocycles. The topological polar surface area (TPSA) is 45.7 Å². The summed E-state index contributed by atoms with van der Waals surface area (Å²) in [5.41, 5.74) is 3.48. The first kappa shape index (κ1) is 16.7. The highest BCUT2D eigenvalue weighted by atomic mass is 32.1. The Bertz CT molecular complexity index is 768. The van der Waals surface area contributed by atoms with E-state index < -0.39 is 0 Å². The molecule has 5 nitrogen and oxygen atoms in total. The number of aryl methyl sites for hydroxylation is 1. The molecule has 0 N–H and O–H groups in total. The van der Waals surface area contributed by atoms with Crippen molar-refractivity contribution >= 4 is 17.2 Å². The second kappa shape index (κ2) is 7.23. The lowest BCUT2D eigenvalue weighted by Crippen LogP contribution is -2.36. The molecule has 0 bridgehead atoms. The van der Waals surface area contributed by atoms with Crippen molar-refractivity contribution in [2.75, 3.05) is 32.8 Å². The number of benzene rings is 1. The third-order valence-electron chi connectivity index (χ3n) is 4.92. The molecule has 0 saturated carbocycles. The lowest BCUT2D eigenvalue weighted by Gasteiger charge is -2.28. The Kier molecular flexibility index (Phi) is 4.83. The van der Waals surface area contributed by atoms with Gasteiger partial charge in [-0.25, -0.2) is 4.98 Å². The Morgan fingerprint density at radius 1 is 1.20 bits per heavy atom. The lowest BCUT2D eigenvalue weighted by molar-refractivity contribution is 0.0341. The number of morpholine rings is 1.